The molecule has 1 atom stereocenters. The Morgan fingerprint density at radius 2 is 2.04 bits per heavy atom. The predicted molar refractivity (Wildman–Crippen MR) is 91.6 cm³/mol. The van der Waals surface area contributed by atoms with Crippen LogP contribution in [0.2, 0.25) is 10.0 Å². The lowest BCUT2D eigenvalue weighted by Gasteiger charge is -2.19. The Hall–Kier alpha value is -1.08. The van der Waals surface area contributed by atoms with Crippen LogP contribution in [0.1, 0.15) is 47.5 Å². The van der Waals surface area contributed by atoms with Crippen molar-refractivity contribution in [2.75, 3.05) is 0 Å². The van der Waals surface area contributed by atoms with Crippen LogP contribution in [-0.4, -0.2) is 34.8 Å². The third-order valence-corrected chi connectivity index (χ3v) is 3.42. The van der Waals surface area contributed by atoms with Gasteiger partial charge in [-0.3, -0.25) is 9.59 Å². The van der Waals surface area contributed by atoms with E-state index < -0.39 is 37.5 Å². The van der Waals surface area contributed by atoms with Crippen molar-refractivity contribution in [1.29, 1.82) is 0 Å². The van der Waals surface area contributed by atoms with Crippen molar-refractivity contribution < 1.29 is 23.7 Å². The third-order valence-electron chi connectivity index (χ3n) is 2.85. The maximum absolute atomic E-state index is 12.3. The molecule has 8 heteroatoms. The smallest absolute Gasteiger partial charge is 0.426 e. The van der Waals surface area contributed by atoms with Crippen LogP contribution in [0.4, 0.5) is 0 Å². The topological polar surface area (TPSA) is 86.6 Å². The molecule has 23 heavy (non-hydrogen) atoms. The van der Waals surface area contributed by atoms with Crippen LogP contribution < -0.4 is 5.32 Å². The molecule has 1 rings (SSSR count). The lowest BCUT2D eigenvalue weighted by molar-refractivity contribution is -0.121. The minimum absolute atomic E-state index is 0.0302. The first-order valence-corrected chi connectivity index (χ1v) is 7.71. The van der Waals surface area contributed by atoms with Crippen molar-refractivity contribution in [3.8, 4) is 0 Å². The maximum Gasteiger partial charge on any atom is 0.475 e. The van der Waals surface area contributed by atoms with Crippen LogP contribution in [0.25, 0.3) is 0 Å². The van der Waals surface area contributed by atoms with Crippen LogP contribution >= 0.6 is 23.2 Å². The van der Waals surface area contributed by atoms with E-state index in [1.54, 1.807) is 13.8 Å². The molecule has 0 aliphatic carbocycles. The summed E-state index contributed by atoms with van der Waals surface area (Å²) in [5, 5.41) is 21.1. The third kappa shape index (κ3) is 6.91. The van der Waals surface area contributed by atoms with E-state index in [9.17, 15) is 19.6 Å². The molecule has 5 nitrogen and oxygen atoms in total. The summed E-state index contributed by atoms with van der Waals surface area (Å²) < 4.78 is 23.7. The van der Waals surface area contributed by atoms with Crippen molar-refractivity contribution >= 4 is 42.0 Å². The SMILES string of the molecule is [2H]C([2H])(CC(=O)c1cc(Cl)ccc1Cl)C(=O)N[C@]([2H])(CC(C)C)B(O)O. The van der Waals surface area contributed by atoms with E-state index in [0.29, 0.717) is 0 Å². The van der Waals surface area contributed by atoms with Crippen molar-refractivity contribution in [3.63, 3.8) is 0 Å². The molecule has 1 amide bonds. The summed E-state index contributed by atoms with van der Waals surface area (Å²) in [4.78, 5) is 24.6. The van der Waals surface area contributed by atoms with Gasteiger partial charge in [0.1, 0.15) is 0 Å². The van der Waals surface area contributed by atoms with Crippen LogP contribution in [0.15, 0.2) is 18.2 Å². The number of carbonyl (C=O) groups excluding carboxylic acids is 2. The van der Waals surface area contributed by atoms with E-state index in [1.165, 1.54) is 18.2 Å². The largest absolute Gasteiger partial charge is 0.475 e. The minimum Gasteiger partial charge on any atom is -0.426 e. The lowest BCUT2D eigenvalue weighted by atomic mass is 9.75. The number of Topliss-reactive ketones (excluding diaryl/α,β-unsaturated/α-hetero) is 1. The van der Waals surface area contributed by atoms with Gasteiger partial charge in [0.05, 0.1) is 10.9 Å². The minimum atomic E-state index is -2.69. The molecule has 0 heterocycles. The molecule has 0 saturated carbocycles. The second kappa shape index (κ2) is 9.28. The van der Waals surface area contributed by atoms with Gasteiger partial charge in [-0.25, -0.2) is 0 Å². The van der Waals surface area contributed by atoms with Gasteiger partial charge in [0, 0.05) is 27.5 Å². The average molecular weight is 363 g/mol. The Bertz CT molecular complexity index is 691. The Balaban J connectivity index is 2.96. The number of hydrogen-bond donors (Lipinski definition) is 3. The van der Waals surface area contributed by atoms with Gasteiger partial charge in [0.2, 0.25) is 5.91 Å². The molecule has 1 aromatic carbocycles. The number of amides is 1. The van der Waals surface area contributed by atoms with Crippen molar-refractivity contribution in [2.45, 2.75) is 39.0 Å². The number of rotatable bonds is 8. The highest BCUT2D eigenvalue weighted by Crippen LogP contribution is 2.22. The van der Waals surface area contributed by atoms with Gasteiger partial charge in [0.25, 0.3) is 0 Å². The van der Waals surface area contributed by atoms with E-state index >= 15 is 0 Å². The van der Waals surface area contributed by atoms with E-state index in [4.69, 9.17) is 27.3 Å². The van der Waals surface area contributed by atoms with Crippen LogP contribution in [0.3, 0.4) is 0 Å². The standard InChI is InChI=1S/C15H20BCl2NO4/c1-9(2)7-14(16(22)23)19-15(21)6-5-13(20)11-8-10(17)3-4-12(11)18/h3-4,8-9,14,22-23H,5-7H2,1-2H3,(H,19,21)/t14-/m1/s1/i6D2,14D. The molecule has 3 N–H and O–H groups in total. The molecule has 0 aliphatic rings. The number of halogens is 2. The molecule has 0 fully saturated rings. The molecule has 0 aromatic heterocycles. The van der Waals surface area contributed by atoms with Gasteiger partial charge in [-0.2, -0.15) is 0 Å². The second-order valence-electron chi connectivity index (χ2n) is 5.35. The van der Waals surface area contributed by atoms with Gasteiger partial charge in [0.15, 0.2) is 5.78 Å². The molecular formula is C15H20BCl2NO4. The highest BCUT2D eigenvalue weighted by atomic mass is 35.5. The number of nitrogens with one attached hydrogen (secondary N) is 1. The van der Waals surface area contributed by atoms with Gasteiger partial charge in [-0.15, -0.1) is 0 Å². The molecule has 0 radical (unpaired) electrons. The second-order valence-corrected chi connectivity index (χ2v) is 6.20. The fourth-order valence-corrected chi connectivity index (χ4v) is 2.21. The van der Waals surface area contributed by atoms with Gasteiger partial charge in [-0.05, 0) is 30.5 Å². The molecule has 1 aromatic rings. The normalized spacial score (nSPS) is 16.0. The van der Waals surface area contributed by atoms with Gasteiger partial charge >= 0.3 is 7.12 Å². The first kappa shape index (κ1) is 15.5. The zero-order valence-corrected chi connectivity index (χ0v) is 14.3. The fraction of sp³-hybridized carbons (Fsp3) is 0.467. The summed E-state index contributed by atoms with van der Waals surface area (Å²) in [6, 6.07) is 4.11. The zero-order valence-electron chi connectivity index (χ0n) is 15.8. The molecule has 0 spiro atoms. The highest BCUT2D eigenvalue weighted by molar-refractivity contribution is 6.43. The summed E-state index contributed by atoms with van der Waals surface area (Å²) in [5.41, 5.74) is -0.0302. The molecule has 0 saturated heterocycles. The number of benzene rings is 1. The quantitative estimate of drug-likeness (QED) is 0.489. The van der Waals surface area contributed by atoms with Crippen LogP contribution in [-0.2, 0) is 4.79 Å². The summed E-state index contributed by atoms with van der Waals surface area (Å²) in [7, 11) is -2.22. The van der Waals surface area contributed by atoms with Crippen LogP contribution in [0.5, 0.6) is 0 Å². The maximum atomic E-state index is 12.3. The van der Waals surface area contributed by atoms with Gasteiger partial charge < -0.3 is 15.4 Å². The van der Waals surface area contributed by atoms with E-state index in [2.05, 4.69) is 0 Å². The first-order valence-electron chi connectivity index (χ1n) is 8.45. The van der Waals surface area contributed by atoms with E-state index in [1.807, 2.05) is 5.32 Å². The predicted octanol–water partition coefficient (Wildman–Crippen LogP) is 2.50. The van der Waals surface area contributed by atoms with Crippen LogP contribution in [0, 0.1) is 5.92 Å². The highest BCUT2D eigenvalue weighted by Gasteiger charge is 2.26. The Morgan fingerprint density at radius 3 is 2.61 bits per heavy atom. The molecule has 0 aliphatic heterocycles. The fourth-order valence-electron chi connectivity index (χ4n) is 1.82. The number of ketones is 1. The zero-order chi connectivity index (χ0) is 20.3. The summed E-state index contributed by atoms with van der Waals surface area (Å²) in [6.45, 7) is 3.41. The molecular weight excluding hydrogens is 340 g/mol. The molecule has 126 valence electrons. The number of carbonyl (C=O) groups is 2. The average Bonchev–Trinajstić information content (AvgIpc) is 2.48. The summed E-state index contributed by atoms with van der Waals surface area (Å²) >= 11 is 11.7. The van der Waals surface area contributed by atoms with Crippen molar-refractivity contribution in [3.05, 3.63) is 33.8 Å². The monoisotopic (exact) mass is 362 g/mol. The van der Waals surface area contributed by atoms with Gasteiger partial charge in [-0.1, -0.05) is 37.0 Å². The summed E-state index contributed by atoms with van der Waals surface area (Å²) in [5.74, 6) is -4.42. The Labute approximate surface area is 150 Å². The number of hydrogen-bond acceptors (Lipinski definition) is 4. The molecule has 0 bridgehead atoms. The summed E-state index contributed by atoms with van der Waals surface area (Å²) in [6.07, 6.45) is -3.67. The molecule has 0 unspecified atom stereocenters. The Kier molecular flexibility index (Phi) is 6.23. The van der Waals surface area contributed by atoms with Crippen molar-refractivity contribution in [1.82, 2.24) is 5.32 Å². The van der Waals surface area contributed by atoms with E-state index in [-0.39, 0.29) is 27.9 Å². The lowest BCUT2D eigenvalue weighted by Crippen LogP contribution is -2.47. The first-order chi connectivity index (χ1) is 11.8. The van der Waals surface area contributed by atoms with Crippen molar-refractivity contribution in [2.24, 2.45) is 5.92 Å². The Morgan fingerprint density at radius 1 is 1.39 bits per heavy atom. The van der Waals surface area contributed by atoms with E-state index in [0.717, 1.165) is 0 Å².